The Kier molecular flexibility index (Phi) is 5.05. The second-order valence-electron chi connectivity index (χ2n) is 5.70. The van der Waals surface area contributed by atoms with E-state index in [1.165, 1.54) is 0 Å². The van der Waals surface area contributed by atoms with E-state index >= 15 is 0 Å². The highest BCUT2D eigenvalue weighted by Crippen LogP contribution is 2.31. The molecule has 1 aromatic heterocycles. The highest BCUT2D eigenvalue weighted by molar-refractivity contribution is 6.35. The van der Waals surface area contributed by atoms with E-state index in [4.69, 9.17) is 16.3 Å². The zero-order valence-electron chi connectivity index (χ0n) is 14.0. The molecule has 2 aromatic carbocycles. The molecule has 25 heavy (non-hydrogen) atoms. The first-order valence-corrected chi connectivity index (χ1v) is 8.16. The lowest BCUT2D eigenvalue weighted by atomic mass is 10.1. The Bertz CT molecular complexity index is 912. The number of carbonyl (C=O) groups excluding carboxylic acids is 1. The summed E-state index contributed by atoms with van der Waals surface area (Å²) < 4.78 is 5.70. The second kappa shape index (κ2) is 7.40. The number of nitrogens with zero attached hydrogens (tertiary/aromatic N) is 2. The van der Waals surface area contributed by atoms with E-state index in [0.29, 0.717) is 22.3 Å². The summed E-state index contributed by atoms with van der Waals surface area (Å²) in [6, 6.07) is 14.8. The molecule has 1 N–H and O–H groups in total. The maximum Gasteiger partial charge on any atom is 0.262 e. The van der Waals surface area contributed by atoms with Crippen LogP contribution < -0.4 is 15.0 Å². The summed E-state index contributed by atoms with van der Waals surface area (Å²) in [5, 5.41) is 5.24. The Morgan fingerprint density at radius 1 is 1.12 bits per heavy atom. The van der Waals surface area contributed by atoms with Crippen LogP contribution in [0.25, 0.3) is 10.8 Å². The molecule has 0 unspecified atom stereocenters. The number of aromatic nitrogens is 1. The Balaban J connectivity index is 1.73. The third kappa shape index (κ3) is 3.83. The van der Waals surface area contributed by atoms with Gasteiger partial charge in [-0.2, -0.15) is 0 Å². The topological polar surface area (TPSA) is 54.5 Å². The standard InChI is InChI=1S/C19H18ClN3O2/c1-23(2)19-16(8-5-11-21-19)22-18(24)12-25-17-10-9-15(20)13-6-3-4-7-14(13)17/h3-11H,12H2,1-2H3,(H,22,24). The second-order valence-corrected chi connectivity index (χ2v) is 6.10. The normalized spacial score (nSPS) is 10.5. The Morgan fingerprint density at radius 2 is 1.88 bits per heavy atom. The van der Waals surface area contributed by atoms with Crippen molar-refractivity contribution in [3.8, 4) is 5.75 Å². The summed E-state index contributed by atoms with van der Waals surface area (Å²) in [6.45, 7) is -0.104. The van der Waals surface area contributed by atoms with Gasteiger partial charge in [0.1, 0.15) is 5.75 Å². The van der Waals surface area contributed by atoms with E-state index in [0.717, 1.165) is 10.8 Å². The molecular weight excluding hydrogens is 338 g/mol. The van der Waals surface area contributed by atoms with E-state index in [1.54, 1.807) is 30.5 Å². The van der Waals surface area contributed by atoms with Gasteiger partial charge in [0, 0.05) is 36.1 Å². The molecule has 6 heteroatoms. The minimum atomic E-state index is -0.255. The molecule has 3 rings (SSSR count). The van der Waals surface area contributed by atoms with Crippen molar-refractivity contribution in [3.63, 3.8) is 0 Å². The summed E-state index contributed by atoms with van der Waals surface area (Å²) >= 11 is 6.20. The van der Waals surface area contributed by atoms with E-state index in [1.807, 2.05) is 43.3 Å². The number of ether oxygens (including phenoxy) is 1. The number of anilines is 2. The van der Waals surface area contributed by atoms with Crippen LogP contribution in [0.4, 0.5) is 11.5 Å². The van der Waals surface area contributed by atoms with Crippen LogP contribution in [0, 0.1) is 0 Å². The van der Waals surface area contributed by atoms with Gasteiger partial charge in [-0.25, -0.2) is 4.98 Å². The SMILES string of the molecule is CN(C)c1ncccc1NC(=O)COc1ccc(Cl)c2ccccc12. The van der Waals surface area contributed by atoms with Gasteiger partial charge in [0.25, 0.3) is 5.91 Å². The number of fused-ring (bicyclic) bond motifs is 1. The molecule has 128 valence electrons. The van der Waals surface area contributed by atoms with Crippen LogP contribution in [0.2, 0.25) is 5.02 Å². The zero-order valence-corrected chi connectivity index (χ0v) is 14.7. The molecule has 0 fully saturated rings. The van der Waals surface area contributed by atoms with Crippen LogP contribution in [0.3, 0.4) is 0 Å². The average Bonchev–Trinajstić information content (AvgIpc) is 2.62. The molecule has 0 aliphatic heterocycles. The van der Waals surface area contributed by atoms with Gasteiger partial charge in [-0.3, -0.25) is 4.79 Å². The maximum absolute atomic E-state index is 12.3. The number of nitrogens with one attached hydrogen (secondary N) is 1. The van der Waals surface area contributed by atoms with Gasteiger partial charge in [0.2, 0.25) is 0 Å². The molecule has 0 bridgehead atoms. The first-order chi connectivity index (χ1) is 12.1. The summed E-state index contributed by atoms with van der Waals surface area (Å²) in [4.78, 5) is 18.3. The van der Waals surface area contributed by atoms with Crippen molar-refractivity contribution in [2.75, 3.05) is 30.9 Å². The van der Waals surface area contributed by atoms with Crippen molar-refractivity contribution in [2.45, 2.75) is 0 Å². The van der Waals surface area contributed by atoms with Crippen molar-refractivity contribution in [1.29, 1.82) is 0 Å². The van der Waals surface area contributed by atoms with Crippen molar-refractivity contribution in [2.24, 2.45) is 0 Å². The third-order valence-electron chi connectivity index (χ3n) is 3.67. The van der Waals surface area contributed by atoms with Gasteiger partial charge in [0.05, 0.1) is 5.69 Å². The summed E-state index contributed by atoms with van der Waals surface area (Å²) in [6.07, 6.45) is 1.68. The molecule has 0 atom stereocenters. The number of benzene rings is 2. The number of carbonyl (C=O) groups is 1. The summed E-state index contributed by atoms with van der Waals surface area (Å²) in [5.74, 6) is 1.05. The Labute approximate surface area is 151 Å². The van der Waals surface area contributed by atoms with Crippen LogP contribution in [0.5, 0.6) is 5.75 Å². The van der Waals surface area contributed by atoms with E-state index in [-0.39, 0.29) is 12.5 Å². The number of pyridine rings is 1. The van der Waals surface area contributed by atoms with E-state index in [2.05, 4.69) is 10.3 Å². The molecule has 1 amide bonds. The number of hydrogen-bond donors (Lipinski definition) is 1. The minimum Gasteiger partial charge on any atom is -0.483 e. The quantitative estimate of drug-likeness (QED) is 0.752. The lowest BCUT2D eigenvalue weighted by Gasteiger charge is -2.16. The molecule has 0 aliphatic rings. The van der Waals surface area contributed by atoms with Gasteiger partial charge in [-0.1, -0.05) is 35.9 Å². The number of hydrogen-bond acceptors (Lipinski definition) is 4. The van der Waals surface area contributed by atoms with Gasteiger partial charge in [-0.15, -0.1) is 0 Å². The van der Waals surface area contributed by atoms with Crippen LogP contribution in [0.15, 0.2) is 54.7 Å². The van der Waals surface area contributed by atoms with Crippen molar-refractivity contribution in [3.05, 3.63) is 59.8 Å². The van der Waals surface area contributed by atoms with Gasteiger partial charge in [0.15, 0.2) is 12.4 Å². The number of halogens is 1. The molecule has 0 aliphatic carbocycles. The summed E-state index contributed by atoms with van der Waals surface area (Å²) in [7, 11) is 3.74. The number of amides is 1. The smallest absolute Gasteiger partial charge is 0.262 e. The highest BCUT2D eigenvalue weighted by Gasteiger charge is 2.11. The molecule has 1 heterocycles. The fourth-order valence-corrected chi connectivity index (χ4v) is 2.77. The number of rotatable bonds is 5. The van der Waals surface area contributed by atoms with Crippen molar-refractivity contribution < 1.29 is 9.53 Å². The fourth-order valence-electron chi connectivity index (χ4n) is 2.54. The largest absolute Gasteiger partial charge is 0.483 e. The lowest BCUT2D eigenvalue weighted by Crippen LogP contribution is -2.22. The van der Waals surface area contributed by atoms with Crippen LogP contribution in [0.1, 0.15) is 0 Å². The average molecular weight is 356 g/mol. The first-order valence-electron chi connectivity index (χ1n) is 7.78. The van der Waals surface area contributed by atoms with Crippen LogP contribution in [-0.2, 0) is 4.79 Å². The lowest BCUT2D eigenvalue weighted by molar-refractivity contribution is -0.118. The predicted molar refractivity (Wildman–Crippen MR) is 102 cm³/mol. The molecule has 5 nitrogen and oxygen atoms in total. The molecule has 0 saturated carbocycles. The monoisotopic (exact) mass is 355 g/mol. The van der Waals surface area contributed by atoms with E-state index in [9.17, 15) is 4.79 Å². The van der Waals surface area contributed by atoms with Crippen LogP contribution >= 0.6 is 11.6 Å². The third-order valence-corrected chi connectivity index (χ3v) is 4.00. The van der Waals surface area contributed by atoms with Gasteiger partial charge < -0.3 is 15.0 Å². The first kappa shape index (κ1) is 17.0. The molecule has 0 radical (unpaired) electrons. The van der Waals surface area contributed by atoms with Crippen LogP contribution in [-0.4, -0.2) is 31.6 Å². The predicted octanol–water partition coefficient (Wildman–Crippen LogP) is 3.97. The molecule has 0 saturated heterocycles. The van der Waals surface area contributed by atoms with Gasteiger partial charge in [-0.05, 0) is 24.3 Å². The van der Waals surface area contributed by atoms with Crippen molar-refractivity contribution >= 4 is 39.8 Å². The Hall–Kier alpha value is -2.79. The minimum absolute atomic E-state index is 0.104. The molecule has 3 aromatic rings. The highest BCUT2D eigenvalue weighted by atomic mass is 35.5. The maximum atomic E-state index is 12.3. The Morgan fingerprint density at radius 3 is 2.64 bits per heavy atom. The molecular formula is C19H18ClN3O2. The van der Waals surface area contributed by atoms with Gasteiger partial charge >= 0.3 is 0 Å². The van der Waals surface area contributed by atoms with E-state index < -0.39 is 0 Å². The fraction of sp³-hybridized carbons (Fsp3) is 0.158. The zero-order chi connectivity index (χ0) is 17.8. The van der Waals surface area contributed by atoms with Crippen molar-refractivity contribution in [1.82, 2.24) is 4.98 Å². The molecule has 0 spiro atoms. The summed E-state index contributed by atoms with van der Waals surface area (Å²) in [5.41, 5.74) is 0.641.